The summed E-state index contributed by atoms with van der Waals surface area (Å²) in [6.07, 6.45) is 2.01. The van der Waals surface area contributed by atoms with Crippen molar-refractivity contribution in [2.24, 2.45) is 0 Å². The number of carbonyl (C=O) groups is 1. The van der Waals surface area contributed by atoms with Crippen LogP contribution in [0.4, 0.5) is 10.7 Å². The predicted octanol–water partition coefficient (Wildman–Crippen LogP) is 2.32. The van der Waals surface area contributed by atoms with Crippen molar-refractivity contribution in [3.63, 3.8) is 0 Å². The fraction of sp³-hybridized carbons (Fsp3) is 0.583. The van der Waals surface area contributed by atoms with E-state index >= 15 is 0 Å². The maximum absolute atomic E-state index is 11.8. The molecule has 0 saturated carbocycles. The average Bonchev–Trinajstić information content (AvgIpc) is 2.68. The highest BCUT2D eigenvalue weighted by Crippen LogP contribution is 2.31. The van der Waals surface area contributed by atoms with Crippen LogP contribution in [0.3, 0.4) is 0 Å². The molecule has 96 valence electrons. The number of carbonyl (C=O) groups excluding carboxylic acids is 1. The summed E-state index contributed by atoms with van der Waals surface area (Å²) < 4.78 is 0. The molecule has 0 radical (unpaired) electrons. The van der Waals surface area contributed by atoms with Gasteiger partial charge in [-0.05, 0) is 18.9 Å². The minimum Gasteiger partial charge on any atom is -0.397 e. The van der Waals surface area contributed by atoms with Crippen LogP contribution in [0.2, 0.25) is 0 Å². The van der Waals surface area contributed by atoms with Crippen LogP contribution in [0, 0.1) is 0 Å². The van der Waals surface area contributed by atoms with Gasteiger partial charge in [0.05, 0.1) is 10.7 Å². The number of hydrogen-bond donors (Lipinski definition) is 2. The molecule has 0 saturated heterocycles. The zero-order valence-electron chi connectivity index (χ0n) is 10.7. The van der Waals surface area contributed by atoms with Crippen molar-refractivity contribution in [1.29, 1.82) is 0 Å². The lowest BCUT2D eigenvalue weighted by atomic mass is 10.3. The maximum Gasteiger partial charge on any atom is 0.263 e. The molecule has 0 aliphatic heterocycles. The molecule has 0 fully saturated rings. The Morgan fingerprint density at radius 1 is 1.47 bits per heavy atom. The first-order valence-electron chi connectivity index (χ1n) is 5.98. The van der Waals surface area contributed by atoms with Gasteiger partial charge in [-0.2, -0.15) is 0 Å². The Morgan fingerprint density at radius 3 is 2.76 bits per heavy atom. The second kappa shape index (κ2) is 6.49. The first kappa shape index (κ1) is 13.8. The summed E-state index contributed by atoms with van der Waals surface area (Å²) in [6, 6.07) is 1.88. The summed E-state index contributed by atoms with van der Waals surface area (Å²) in [4.78, 5) is 14.6. The Kier molecular flexibility index (Phi) is 5.28. The van der Waals surface area contributed by atoms with Gasteiger partial charge in [-0.3, -0.25) is 4.79 Å². The van der Waals surface area contributed by atoms with Crippen molar-refractivity contribution >= 4 is 27.9 Å². The molecule has 0 atom stereocenters. The van der Waals surface area contributed by atoms with Crippen LogP contribution in [0.15, 0.2) is 6.07 Å². The van der Waals surface area contributed by atoms with Crippen LogP contribution in [0.5, 0.6) is 0 Å². The number of hydrogen-bond acceptors (Lipinski definition) is 4. The van der Waals surface area contributed by atoms with E-state index in [0.717, 1.165) is 24.4 Å². The quantitative estimate of drug-likeness (QED) is 0.820. The van der Waals surface area contributed by atoms with Crippen LogP contribution < -0.4 is 16.0 Å². The molecule has 5 heteroatoms. The highest BCUT2D eigenvalue weighted by atomic mass is 32.1. The molecular formula is C12H21N3OS. The largest absolute Gasteiger partial charge is 0.397 e. The van der Waals surface area contributed by atoms with Crippen molar-refractivity contribution in [3.8, 4) is 0 Å². The van der Waals surface area contributed by atoms with Crippen LogP contribution in [-0.4, -0.2) is 26.0 Å². The van der Waals surface area contributed by atoms with E-state index in [2.05, 4.69) is 17.1 Å². The third kappa shape index (κ3) is 3.63. The number of thiophene rings is 1. The van der Waals surface area contributed by atoms with Crippen molar-refractivity contribution in [3.05, 3.63) is 10.9 Å². The van der Waals surface area contributed by atoms with Gasteiger partial charge in [-0.1, -0.05) is 13.8 Å². The fourth-order valence-electron chi connectivity index (χ4n) is 1.52. The molecular weight excluding hydrogens is 234 g/mol. The maximum atomic E-state index is 11.8. The molecule has 0 aromatic carbocycles. The van der Waals surface area contributed by atoms with Gasteiger partial charge in [-0.25, -0.2) is 0 Å². The minimum absolute atomic E-state index is 0.0644. The van der Waals surface area contributed by atoms with Gasteiger partial charge in [0.2, 0.25) is 0 Å². The number of nitrogens with one attached hydrogen (secondary N) is 1. The van der Waals surface area contributed by atoms with Crippen molar-refractivity contribution in [2.45, 2.75) is 26.7 Å². The topological polar surface area (TPSA) is 58.4 Å². The molecule has 1 rings (SSSR count). The number of nitrogens with two attached hydrogens (primary N) is 1. The van der Waals surface area contributed by atoms with Gasteiger partial charge in [0.15, 0.2) is 0 Å². The zero-order chi connectivity index (χ0) is 12.8. The van der Waals surface area contributed by atoms with E-state index in [1.54, 1.807) is 0 Å². The van der Waals surface area contributed by atoms with Crippen molar-refractivity contribution in [2.75, 3.05) is 30.8 Å². The molecule has 4 nitrogen and oxygen atoms in total. The highest BCUT2D eigenvalue weighted by molar-refractivity contribution is 7.18. The summed E-state index contributed by atoms with van der Waals surface area (Å²) in [5, 5.41) is 3.89. The van der Waals surface area contributed by atoms with Gasteiger partial charge in [0, 0.05) is 20.1 Å². The molecule has 17 heavy (non-hydrogen) atoms. The van der Waals surface area contributed by atoms with E-state index in [9.17, 15) is 4.79 Å². The molecule has 0 spiro atoms. The Morgan fingerprint density at radius 2 is 2.18 bits per heavy atom. The third-order valence-electron chi connectivity index (χ3n) is 2.42. The summed E-state index contributed by atoms with van der Waals surface area (Å²) in [6.45, 7) is 5.81. The Balaban J connectivity index is 2.77. The molecule has 0 aliphatic rings. The van der Waals surface area contributed by atoms with Crippen LogP contribution in [-0.2, 0) is 0 Å². The van der Waals surface area contributed by atoms with Crippen molar-refractivity contribution in [1.82, 2.24) is 5.32 Å². The zero-order valence-corrected chi connectivity index (χ0v) is 11.6. The molecule has 1 amide bonds. The van der Waals surface area contributed by atoms with E-state index in [-0.39, 0.29) is 5.91 Å². The first-order chi connectivity index (χ1) is 8.10. The second-order valence-corrected chi connectivity index (χ2v) is 5.08. The Labute approximate surface area is 107 Å². The predicted molar refractivity (Wildman–Crippen MR) is 74.9 cm³/mol. The van der Waals surface area contributed by atoms with Gasteiger partial charge in [0.1, 0.15) is 4.88 Å². The highest BCUT2D eigenvalue weighted by Gasteiger charge is 2.15. The molecule has 0 unspecified atom stereocenters. The van der Waals surface area contributed by atoms with Gasteiger partial charge in [0.25, 0.3) is 5.91 Å². The van der Waals surface area contributed by atoms with E-state index in [4.69, 9.17) is 5.73 Å². The fourth-order valence-corrected chi connectivity index (χ4v) is 2.51. The van der Waals surface area contributed by atoms with Crippen LogP contribution in [0.25, 0.3) is 0 Å². The SMILES string of the molecule is CCCNC(=O)c1sc(N(C)CCC)cc1N. The van der Waals surface area contributed by atoms with Crippen LogP contribution in [0.1, 0.15) is 36.4 Å². The summed E-state index contributed by atoms with van der Waals surface area (Å²) >= 11 is 1.45. The van der Waals surface area contributed by atoms with Crippen LogP contribution >= 0.6 is 11.3 Å². The molecule has 0 bridgehead atoms. The minimum atomic E-state index is -0.0644. The first-order valence-corrected chi connectivity index (χ1v) is 6.80. The number of nitrogens with zero attached hydrogens (tertiary/aromatic N) is 1. The second-order valence-electron chi connectivity index (χ2n) is 4.05. The molecule has 3 N–H and O–H groups in total. The van der Waals surface area contributed by atoms with E-state index in [1.807, 2.05) is 20.0 Å². The van der Waals surface area contributed by atoms with Gasteiger partial charge in [-0.15, -0.1) is 11.3 Å². The lowest BCUT2D eigenvalue weighted by Crippen LogP contribution is -2.23. The Bertz CT molecular complexity index is 376. The molecule has 1 aromatic rings. The standard InChI is InChI=1S/C12H21N3OS/c1-4-6-14-12(16)11-9(13)8-10(17-11)15(3)7-5-2/h8H,4-7,13H2,1-3H3,(H,14,16). The summed E-state index contributed by atoms with van der Waals surface area (Å²) in [5.74, 6) is -0.0644. The smallest absolute Gasteiger partial charge is 0.263 e. The Hall–Kier alpha value is -1.23. The number of amides is 1. The number of nitrogen functional groups attached to an aromatic ring is 1. The number of anilines is 2. The molecule has 1 heterocycles. The van der Waals surface area contributed by atoms with E-state index in [1.165, 1.54) is 11.3 Å². The van der Waals surface area contributed by atoms with E-state index < -0.39 is 0 Å². The summed E-state index contributed by atoms with van der Waals surface area (Å²) in [5.41, 5.74) is 6.44. The average molecular weight is 255 g/mol. The van der Waals surface area contributed by atoms with Gasteiger partial charge < -0.3 is 16.0 Å². The third-order valence-corrected chi connectivity index (χ3v) is 3.69. The van der Waals surface area contributed by atoms with Gasteiger partial charge >= 0.3 is 0 Å². The molecule has 1 aromatic heterocycles. The van der Waals surface area contributed by atoms with Crippen molar-refractivity contribution < 1.29 is 4.79 Å². The van der Waals surface area contributed by atoms with E-state index in [0.29, 0.717) is 17.1 Å². The monoisotopic (exact) mass is 255 g/mol. The normalized spacial score (nSPS) is 10.3. The lowest BCUT2D eigenvalue weighted by Gasteiger charge is -2.14. The lowest BCUT2D eigenvalue weighted by molar-refractivity contribution is 0.0958. The summed E-state index contributed by atoms with van der Waals surface area (Å²) in [7, 11) is 2.02. The number of rotatable bonds is 6. The molecule has 0 aliphatic carbocycles.